The predicted molar refractivity (Wildman–Crippen MR) is 88.6 cm³/mol. The maximum absolute atomic E-state index is 5.96. The Kier molecular flexibility index (Phi) is 6.15. The highest BCUT2D eigenvalue weighted by atomic mass is 35.5. The molecule has 0 spiro atoms. The Hall–Kier alpha value is -2.14. The van der Waals surface area contributed by atoms with Gasteiger partial charge in [-0.2, -0.15) is 0 Å². The van der Waals surface area contributed by atoms with Crippen LogP contribution in [-0.4, -0.2) is 26.7 Å². The van der Waals surface area contributed by atoms with Gasteiger partial charge in [-0.1, -0.05) is 17.7 Å². The van der Waals surface area contributed by atoms with Gasteiger partial charge in [-0.15, -0.1) is 0 Å². The van der Waals surface area contributed by atoms with Crippen LogP contribution in [-0.2, 0) is 13.0 Å². The number of rotatable bonds is 6. The van der Waals surface area contributed by atoms with Crippen LogP contribution in [0, 0.1) is 0 Å². The van der Waals surface area contributed by atoms with Crippen molar-refractivity contribution in [3.05, 3.63) is 52.9 Å². The minimum Gasteiger partial charge on any atom is -0.496 e. The van der Waals surface area contributed by atoms with Crippen LogP contribution in [0.2, 0.25) is 5.02 Å². The summed E-state index contributed by atoms with van der Waals surface area (Å²) in [6, 6.07) is 9.41. The van der Waals surface area contributed by atoms with E-state index in [2.05, 4.69) is 15.6 Å². The van der Waals surface area contributed by atoms with Crippen LogP contribution in [0.15, 0.2) is 46.0 Å². The summed E-state index contributed by atoms with van der Waals surface area (Å²) in [5.74, 6) is 2.43. The molecule has 6 heteroatoms. The van der Waals surface area contributed by atoms with Crippen LogP contribution in [0.1, 0.15) is 11.3 Å². The lowest BCUT2D eigenvalue weighted by molar-refractivity contribution is 0.409. The molecule has 0 saturated carbocycles. The topological polar surface area (TPSA) is 58.8 Å². The van der Waals surface area contributed by atoms with Crippen molar-refractivity contribution < 1.29 is 9.15 Å². The molecule has 0 unspecified atom stereocenters. The molecule has 1 heterocycles. The van der Waals surface area contributed by atoms with Crippen molar-refractivity contribution in [2.45, 2.75) is 13.0 Å². The fourth-order valence-corrected chi connectivity index (χ4v) is 2.19. The molecule has 5 nitrogen and oxygen atoms in total. The summed E-state index contributed by atoms with van der Waals surface area (Å²) in [6.07, 6.45) is 2.48. The third-order valence-corrected chi connectivity index (χ3v) is 3.40. The number of nitrogens with one attached hydrogen (secondary N) is 2. The van der Waals surface area contributed by atoms with Crippen LogP contribution in [0.4, 0.5) is 0 Å². The third-order valence-electron chi connectivity index (χ3n) is 3.16. The van der Waals surface area contributed by atoms with E-state index in [9.17, 15) is 0 Å². The Morgan fingerprint density at radius 1 is 1.32 bits per heavy atom. The van der Waals surface area contributed by atoms with E-state index >= 15 is 0 Å². The Morgan fingerprint density at radius 2 is 2.18 bits per heavy atom. The Bertz CT molecular complexity index is 612. The molecule has 1 aromatic heterocycles. The second kappa shape index (κ2) is 8.34. The maximum Gasteiger partial charge on any atom is 0.191 e. The standard InChI is InChI=1S/C16H20ClN3O2/c1-18-16(19-8-7-14-4-3-9-22-14)20-11-12-5-6-13(17)10-15(12)21-2/h3-6,9-10H,7-8,11H2,1-2H3,(H2,18,19,20). The first-order valence-electron chi connectivity index (χ1n) is 7.02. The fraction of sp³-hybridized carbons (Fsp3) is 0.312. The van der Waals surface area contributed by atoms with Crippen molar-refractivity contribution >= 4 is 17.6 Å². The number of hydrogen-bond acceptors (Lipinski definition) is 3. The minimum atomic E-state index is 0.598. The van der Waals surface area contributed by atoms with E-state index in [1.165, 1.54) is 0 Å². The van der Waals surface area contributed by atoms with Gasteiger partial charge in [0.2, 0.25) is 0 Å². The van der Waals surface area contributed by atoms with Crippen LogP contribution in [0.5, 0.6) is 5.75 Å². The molecule has 22 heavy (non-hydrogen) atoms. The zero-order valence-electron chi connectivity index (χ0n) is 12.7. The smallest absolute Gasteiger partial charge is 0.191 e. The third kappa shape index (κ3) is 4.70. The zero-order valence-corrected chi connectivity index (χ0v) is 13.5. The molecule has 2 rings (SSSR count). The molecule has 0 aliphatic rings. The molecule has 0 amide bonds. The van der Waals surface area contributed by atoms with Crippen molar-refractivity contribution in [2.24, 2.45) is 4.99 Å². The van der Waals surface area contributed by atoms with E-state index in [1.54, 1.807) is 26.5 Å². The van der Waals surface area contributed by atoms with Crippen LogP contribution in [0.3, 0.4) is 0 Å². The lowest BCUT2D eigenvalue weighted by atomic mass is 10.2. The fourth-order valence-electron chi connectivity index (χ4n) is 2.02. The molecule has 0 fully saturated rings. The van der Waals surface area contributed by atoms with Crippen molar-refractivity contribution in [3.8, 4) is 5.75 Å². The number of furan rings is 1. The van der Waals surface area contributed by atoms with Crippen LogP contribution < -0.4 is 15.4 Å². The van der Waals surface area contributed by atoms with Gasteiger partial charge in [-0.05, 0) is 24.3 Å². The lowest BCUT2D eigenvalue weighted by Gasteiger charge is -2.13. The van der Waals surface area contributed by atoms with Crippen LogP contribution >= 0.6 is 11.6 Å². The van der Waals surface area contributed by atoms with E-state index in [-0.39, 0.29) is 0 Å². The van der Waals surface area contributed by atoms with E-state index < -0.39 is 0 Å². The van der Waals surface area contributed by atoms with E-state index in [0.29, 0.717) is 11.6 Å². The molecule has 0 atom stereocenters. The van der Waals surface area contributed by atoms with Gasteiger partial charge in [0.1, 0.15) is 11.5 Å². The normalized spacial score (nSPS) is 11.3. The Balaban J connectivity index is 1.83. The molecule has 1 aromatic carbocycles. The predicted octanol–water partition coefficient (Wildman–Crippen LogP) is 2.85. The number of aliphatic imine (C=N–C) groups is 1. The number of halogens is 1. The number of guanidine groups is 1. The monoisotopic (exact) mass is 321 g/mol. The molecular formula is C16H20ClN3O2. The number of methoxy groups -OCH3 is 1. The number of benzene rings is 1. The van der Waals surface area contributed by atoms with Gasteiger partial charge in [0.25, 0.3) is 0 Å². The first-order valence-corrected chi connectivity index (χ1v) is 7.40. The number of nitrogens with zero attached hydrogens (tertiary/aromatic N) is 1. The van der Waals surface area contributed by atoms with Crippen molar-refractivity contribution in [3.63, 3.8) is 0 Å². The summed E-state index contributed by atoms with van der Waals surface area (Å²) >= 11 is 5.96. The highest BCUT2D eigenvalue weighted by molar-refractivity contribution is 6.30. The average molecular weight is 322 g/mol. The summed E-state index contributed by atoms with van der Waals surface area (Å²) in [7, 11) is 3.37. The summed E-state index contributed by atoms with van der Waals surface area (Å²) in [6.45, 7) is 1.34. The Labute approximate surface area is 135 Å². The first kappa shape index (κ1) is 16.2. The summed E-state index contributed by atoms with van der Waals surface area (Å²) < 4.78 is 10.6. The molecule has 2 N–H and O–H groups in total. The van der Waals surface area contributed by atoms with Gasteiger partial charge in [0, 0.05) is 37.1 Å². The quantitative estimate of drug-likeness (QED) is 0.634. The van der Waals surface area contributed by atoms with Gasteiger partial charge in [0.05, 0.1) is 13.4 Å². The average Bonchev–Trinajstić information content (AvgIpc) is 3.04. The van der Waals surface area contributed by atoms with Crippen molar-refractivity contribution in [2.75, 3.05) is 20.7 Å². The first-order chi connectivity index (χ1) is 10.7. The molecule has 0 aliphatic heterocycles. The van der Waals surface area contributed by atoms with Gasteiger partial charge >= 0.3 is 0 Å². The van der Waals surface area contributed by atoms with Crippen molar-refractivity contribution in [1.29, 1.82) is 0 Å². The second-order valence-corrected chi connectivity index (χ2v) is 5.07. The van der Waals surface area contributed by atoms with Crippen LogP contribution in [0.25, 0.3) is 0 Å². The molecule has 0 aliphatic carbocycles. The van der Waals surface area contributed by atoms with Gasteiger partial charge < -0.3 is 19.8 Å². The van der Waals surface area contributed by atoms with Gasteiger partial charge in [-0.25, -0.2) is 0 Å². The molecule has 2 aromatic rings. The summed E-state index contributed by atoms with van der Waals surface area (Å²) in [5.41, 5.74) is 1.01. The Morgan fingerprint density at radius 3 is 2.86 bits per heavy atom. The minimum absolute atomic E-state index is 0.598. The summed E-state index contributed by atoms with van der Waals surface area (Å²) in [5, 5.41) is 7.14. The van der Waals surface area contributed by atoms with E-state index in [1.807, 2.05) is 24.3 Å². The molecule has 118 valence electrons. The number of hydrogen-bond donors (Lipinski definition) is 2. The van der Waals surface area contributed by atoms with Gasteiger partial charge in [-0.3, -0.25) is 4.99 Å². The molecule has 0 bridgehead atoms. The largest absolute Gasteiger partial charge is 0.496 e. The SMILES string of the molecule is CN=C(NCCc1ccco1)NCc1ccc(Cl)cc1OC. The highest BCUT2D eigenvalue weighted by Crippen LogP contribution is 2.22. The second-order valence-electron chi connectivity index (χ2n) is 4.64. The highest BCUT2D eigenvalue weighted by Gasteiger charge is 2.05. The van der Waals surface area contributed by atoms with E-state index in [0.717, 1.165) is 36.0 Å². The zero-order chi connectivity index (χ0) is 15.8. The molecule has 0 radical (unpaired) electrons. The van der Waals surface area contributed by atoms with Crippen molar-refractivity contribution in [1.82, 2.24) is 10.6 Å². The number of ether oxygens (including phenoxy) is 1. The molecule has 0 saturated heterocycles. The van der Waals surface area contributed by atoms with E-state index in [4.69, 9.17) is 20.8 Å². The summed E-state index contributed by atoms with van der Waals surface area (Å²) in [4.78, 5) is 4.19. The molecular weight excluding hydrogens is 302 g/mol. The maximum atomic E-state index is 5.96. The lowest BCUT2D eigenvalue weighted by Crippen LogP contribution is -2.37. The van der Waals surface area contributed by atoms with Gasteiger partial charge in [0.15, 0.2) is 5.96 Å².